The van der Waals surface area contributed by atoms with E-state index in [-0.39, 0.29) is 29.3 Å². The van der Waals surface area contributed by atoms with Crippen LogP contribution in [-0.4, -0.2) is 31.9 Å². The topological polar surface area (TPSA) is 127 Å². The van der Waals surface area contributed by atoms with Crippen molar-refractivity contribution in [3.63, 3.8) is 0 Å². The Balaban J connectivity index is 2.64. The van der Waals surface area contributed by atoms with Crippen LogP contribution in [0.2, 0.25) is 0 Å². The molecule has 0 aliphatic heterocycles. The highest BCUT2D eigenvalue weighted by molar-refractivity contribution is 7.89. The summed E-state index contributed by atoms with van der Waals surface area (Å²) >= 11 is 0. The second kappa shape index (κ2) is 7.19. The molecule has 0 bridgehead atoms. The molecular formula is C13H18N2O5S. The van der Waals surface area contributed by atoms with Crippen molar-refractivity contribution in [2.75, 3.05) is 6.54 Å². The predicted molar refractivity (Wildman–Crippen MR) is 76.2 cm³/mol. The lowest BCUT2D eigenvalue weighted by atomic mass is 10.1. The van der Waals surface area contributed by atoms with Gasteiger partial charge in [-0.25, -0.2) is 13.1 Å². The van der Waals surface area contributed by atoms with E-state index in [2.05, 4.69) is 4.72 Å². The van der Waals surface area contributed by atoms with Gasteiger partial charge in [0.05, 0.1) is 4.90 Å². The fraction of sp³-hybridized carbons (Fsp3) is 0.385. The number of carboxylic acid groups (broad SMARTS) is 1. The molecule has 0 spiro atoms. The van der Waals surface area contributed by atoms with Gasteiger partial charge in [0.15, 0.2) is 0 Å². The predicted octanol–water partition coefficient (Wildman–Crippen LogP) is 0.565. The maximum atomic E-state index is 12.0. The van der Waals surface area contributed by atoms with Crippen LogP contribution in [-0.2, 0) is 14.8 Å². The zero-order chi connectivity index (χ0) is 16.0. The third-order valence-electron chi connectivity index (χ3n) is 2.92. The summed E-state index contributed by atoms with van der Waals surface area (Å²) < 4.78 is 26.4. The Labute approximate surface area is 123 Å². The van der Waals surface area contributed by atoms with E-state index >= 15 is 0 Å². The number of carboxylic acids is 1. The first-order valence-electron chi connectivity index (χ1n) is 6.33. The molecule has 0 saturated heterocycles. The number of hydrogen-bond donors (Lipinski definition) is 3. The van der Waals surface area contributed by atoms with Gasteiger partial charge in [0.1, 0.15) is 0 Å². The molecule has 1 rings (SSSR count). The Morgan fingerprint density at radius 3 is 2.33 bits per heavy atom. The lowest BCUT2D eigenvalue weighted by Gasteiger charge is -2.12. The van der Waals surface area contributed by atoms with Gasteiger partial charge in [-0.2, -0.15) is 0 Å². The monoisotopic (exact) mass is 314 g/mol. The largest absolute Gasteiger partial charge is 0.481 e. The molecular weight excluding hydrogens is 296 g/mol. The van der Waals surface area contributed by atoms with Crippen molar-refractivity contribution in [1.29, 1.82) is 0 Å². The molecule has 1 aromatic carbocycles. The molecule has 0 aromatic heterocycles. The maximum absolute atomic E-state index is 12.0. The van der Waals surface area contributed by atoms with Crippen LogP contribution < -0.4 is 10.5 Å². The van der Waals surface area contributed by atoms with E-state index in [1.54, 1.807) is 6.92 Å². The van der Waals surface area contributed by atoms with Gasteiger partial charge in [0.25, 0.3) is 0 Å². The van der Waals surface area contributed by atoms with E-state index in [1.165, 1.54) is 24.3 Å². The molecule has 1 aromatic rings. The van der Waals surface area contributed by atoms with E-state index in [0.29, 0.717) is 6.42 Å². The molecule has 7 nitrogen and oxygen atoms in total. The van der Waals surface area contributed by atoms with Gasteiger partial charge in [-0.3, -0.25) is 9.59 Å². The first kappa shape index (κ1) is 17.1. The highest BCUT2D eigenvalue weighted by atomic mass is 32.2. The lowest BCUT2D eigenvalue weighted by molar-refractivity contribution is -0.137. The zero-order valence-electron chi connectivity index (χ0n) is 11.6. The molecule has 0 aliphatic rings. The van der Waals surface area contributed by atoms with Gasteiger partial charge in [-0.15, -0.1) is 0 Å². The number of rotatable bonds is 8. The molecule has 1 unspecified atom stereocenters. The second-order valence-corrected chi connectivity index (χ2v) is 6.55. The summed E-state index contributed by atoms with van der Waals surface area (Å²) in [4.78, 5) is 21.4. The fourth-order valence-electron chi connectivity index (χ4n) is 1.61. The Hall–Kier alpha value is -1.93. The summed E-state index contributed by atoms with van der Waals surface area (Å²) in [6.45, 7) is 1.91. The highest BCUT2D eigenvalue weighted by Crippen LogP contribution is 2.11. The Morgan fingerprint density at radius 2 is 1.86 bits per heavy atom. The van der Waals surface area contributed by atoms with Crippen molar-refractivity contribution < 1.29 is 23.1 Å². The number of nitrogens with two attached hydrogens (primary N) is 1. The quantitative estimate of drug-likeness (QED) is 0.646. The number of carbonyl (C=O) groups is 2. The van der Waals surface area contributed by atoms with Gasteiger partial charge in [-0.1, -0.05) is 6.92 Å². The van der Waals surface area contributed by atoms with Crippen molar-refractivity contribution in [3.05, 3.63) is 29.8 Å². The first-order chi connectivity index (χ1) is 9.72. The molecule has 0 saturated carbocycles. The first-order valence-corrected chi connectivity index (χ1v) is 7.82. The summed E-state index contributed by atoms with van der Waals surface area (Å²) in [5.41, 5.74) is 5.30. The van der Waals surface area contributed by atoms with E-state index in [4.69, 9.17) is 10.8 Å². The van der Waals surface area contributed by atoms with Crippen LogP contribution in [0.3, 0.4) is 0 Å². The van der Waals surface area contributed by atoms with Crippen molar-refractivity contribution in [1.82, 2.24) is 4.72 Å². The summed E-state index contributed by atoms with van der Waals surface area (Å²) in [5, 5.41) is 8.56. The number of primary amides is 1. The fourth-order valence-corrected chi connectivity index (χ4v) is 2.77. The zero-order valence-corrected chi connectivity index (χ0v) is 12.4. The van der Waals surface area contributed by atoms with E-state index in [0.717, 1.165) is 0 Å². The molecule has 116 valence electrons. The standard InChI is InChI=1S/C13H18N2O5S/c1-9(2-7-12(16)17)8-15-21(19,20)11-5-3-10(4-6-11)13(14)18/h3-6,9,15H,2,7-8H2,1H3,(H2,14,18)(H,16,17). The summed E-state index contributed by atoms with van der Waals surface area (Å²) in [7, 11) is -3.69. The number of benzene rings is 1. The number of carbonyl (C=O) groups excluding carboxylic acids is 1. The molecule has 0 radical (unpaired) electrons. The van der Waals surface area contributed by atoms with E-state index in [1.807, 2.05) is 0 Å². The van der Waals surface area contributed by atoms with Crippen LogP contribution in [0.5, 0.6) is 0 Å². The third kappa shape index (κ3) is 5.52. The number of nitrogens with one attached hydrogen (secondary N) is 1. The van der Waals surface area contributed by atoms with Crippen LogP contribution in [0.25, 0.3) is 0 Å². The Morgan fingerprint density at radius 1 is 1.29 bits per heavy atom. The number of amides is 1. The summed E-state index contributed by atoms with van der Waals surface area (Å²) in [6, 6.07) is 5.27. The van der Waals surface area contributed by atoms with E-state index < -0.39 is 21.9 Å². The molecule has 0 aliphatic carbocycles. The van der Waals surface area contributed by atoms with Crippen molar-refractivity contribution in [2.45, 2.75) is 24.7 Å². The molecule has 4 N–H and O–H groups in total. The molecule has 1 atom stereocenters. The van der Waals surface area contributed by atoms with Gasteiger partial charge >= 0.3 is 5.97 Å². The van der Waals surface area contributed by atoms with Gasteiger partial charge in [0, 0.05) is 18.5 Å². The lowest BCUT2D eigenvalue weighted by Crippen LogP contribution is -2.28. The van der Waals surface area contributed by atoms with Crippen LogP contribution in [0, 0.1) is 5.92 Å². The highest BCUT2D eigenvalue weighted by Gasteiger charge is 2.16. The number of hydrogen-bond acceptors (Lipinski definition) is 4. The van der Waals surface area contributed by atoms with Crippen molar-refractivity contribution >= 4 is 21.9 Å². The van der Waals surface area contributed by atoms with Gasteiger partial charge in [-0.05, 0) is 36.6 Å². The normalized spacial score (nSPS) is 12.8. The SMILES string of the molecule is CC(CCC(=O)O)CNS(=O)(=O)c1ccc(C(N)=O)cc1. The Kier molecular flexibility index (Phi) is 5.86. The summed E-state index contributed by atoms with van der Waals surface area (Å²) in [6.07, 6.45) is 0.384. The van der Waals surface area contributed by atoms with E-state index in [9.17, 15) is 18.0 Å². The van der Waals surface area contributed by atoms with Crippen LogP contribution >= 0.6 is 0 Å². The van der Waals surface area contributed by atoms with Gasteiger partial charge < -0.3 is 10.8 Å². The molecule has 0 fully saturated rings. The molecule has 1 amide bonds. The molecule has 0 heterocycles. The third-order valence-corrected chi connectivity index (χ3v) is 4.36. The smallest absolute Gasteiger partial charge is 0.303 e. The number of sulfonamides is 1. The number of aliphatic carboxylic acids is 1. The maximum Gasteiger partial charge on any atom is 0.303 e. The van der Waals surface area contributed by atoms with Crippen molar-refractivity contribution in [3.8, 4) is 0 Å². The molecule has 21 heavy (non-hydrogen) atoms. The van der Waals surface area contributed by atoms with Crippen molar-refractivity contribution in [2.24, 2.45) is 11.7 Å². The average molecular weight is 314 g/mol. The Bertz CT molecular complexity index is 610. The van der Waals surface area contributed by atoms with Crippen LogP contribution in [0.15, 0.2) is 29.2 Å². The second-order valence-electron chi connectivity index (χ2n) is 4.78. The van der Waals surface area contributed by atoms with Crippen LogP contribution in [0.4, 0.5) is 0 Å². The minimum Gasteiger partial charge on any atom is -0.481 e. The average Bonchev–Trinajstić information content (AvgIpc) is 2.43. The molecule has 8 heteroatoms. The summed E-state index contributed by atoms with van der Waals surface area (Å²) in [5.74, 6) is -1.64. The van der Waals surface area contributed by atoms with Gasteiger partial charge in [0.2, 0.25) is 15.9 Å². The minimum absolute atomic E-state index is 0.00377. The van der Waals surface area contributed by atoms with Crippen LogP contribution in [0.1, 0.15) is 30.1 Å². The minimum atomic E-state index is -3.69.